The van der Waals surface area contributed by atoms with Gasteiger partial charge in [-0.15, -0.1) is 0 Å². The fourth-order valence-electron chi connectivity index (χ4n) is 2.12. The highest BCUT2D eigenvalue weighted by atomic mass is 14.9. The molecule has 0 N–H and O–H groups in total. The number of unbranched alkanes of at least 4 members (excludes halogenated alkanes) is 6. The summed E-state index contributed by atoms with van der Waals surface area (Å²) in [6, 6.07) is 2.22. The Morgan fingerprint density at radius 2 is 1.53 bits per heavy atom. The molecule has 1 heterocycles. The lowest BCUT2D eigenvalue weighted by atomic mass is 10.1. The molecule has 0 aliphatic rings. The van der Waals surface area contributed by atoms with Crippen molar-refractivity contribution in [2.45, 2.75) is 72.3 Å². The van der Waals surface area contributed by atoms with E-state index in [1.54, 1.807) is 0 Å². The van der Waals surface area contributed by atoms with Crippen LogP contribution in [0, 0.1) is 13.8 Å². The van der Waals surface area contributed by atoms with Crippen molar-refractivity contribution in [2.24, 2.45) is 0 Å². The van der Waals surface area contributed by atoms with Gasteiger partial charge in [0, 0.05) is 18.1 Å². The van der Waals surface area contributed by atoms with Crippen LogP contribution in [0.5, 0.6) is 0 Å². The summed E-state index contributed by atoms with van der Waals surface area (Å²) < 4.78 is 2.33. The summed E-state index contributed by atoms with van der Waals surface area (Å²) in [7, 11) is 0. The van der Waals surface area contributed by atoms with Crippen molar-refractivity contribution in [3.8, 4) is 0 Å². The molecule has 0 amide bonds. The van der Waals surface area contributed by atoms with E-state index in [0.717, 1.165) is 0 Å². The maximum absolute atomic E-state index is 2.33. The summed E-state index contributed by atoms with van der Waals surface area (Å²) in [5, 5.41) is 0. The van der Waals surface area contributed by atoms with Crippen molar-refractivity contribution < 1.29 is 4.57 Å². The fraction of sp³-hybridized carbons (Fsp3) is 0.688. The highest BCUT2D eigenvalue weighted by molar-refractivity contribution is 5.16. The van der Waals surface area contributed by atoms with Gasteiger partial charge in [-0.2, -0.15) is 0 Å². The first-order valence-electron chi connectivity index (χ1n) is 7.20. The maximum atomic E-state index is 2.33. The van der Waals surface area contributed by atoms with Crippen LogP contribution in [0.25, 0.3) is 0 Å². The highest BCUT2D eigenvalue weighted by Gasteiger charge is 2.02. The Hall–Kier alpha value is -0.850. The SMILES string of the molecule is CCCCCCCCC[n+]1ccc(C)c(C)c1. The minimum absolute atomic E-state index is 1.18. The van der Waals surface area contributed by atoms with Gasteiger partial charge in [0.2, 0.25) is 0 Å². The molecule has 1 aromatic heterocycles. The molecule has 0 bridgehead atoms. The zero-order valence-corrected chi connectivity index (χ0v) is 11.8. The first-order valence-corrected chi connectivity index (χ1v) is 7.20. The number of nitrogens with zero attached hydrogens (tertiary/aromatic N) is 1. The van der Waals surface area contributed by atoms with Crippen molar-refractivity contribution >= 4 is 0 Å². The Bertz CT molecular complexity index is 317. The number of aryl methyl sites for hydroxylation is 3. The van der Waals surface area contributed by atoms with Crippen LogP contribution in [0.2, 0.25) is 0 Å². The summed E-state index contributed by atoms with van der Waals surface area (Å²) in [6.07, 6.45) is 14.2. The summed E-state index contributed by atoms with van der Waals surface area (Å²) >= 11 is 0. The Kier molecular flexibility index (Phi) is 6.91. The van der Waals surface area contributed by atoms with Crippen molar-refractivity contribution in [3.63, 3.8) is 0 Å². The summed E-state index contributed by atoms with van der Waals surface area (Å²) in [4.78, 5) is 0. The molecule has 0 aromatic carbocycles. The Labute approximate surface area is 107 Å². The van der Waals surface area contributed by atoms with E-state index in [9.17, 15) is 0 Å². The average molecular weight is 234 g/mol. The van der Waals surface area contributed by atoms with Crippen LogP contribution in [-0.2, 0) is 6.54 Å². The van der Waals surface area contributed by atoms with Crippen molar-refractivity contribution in [1.29, 1.82) is 0 Å². The average Bonchev–Trinajstić information content (AvgIpc) is 2.32. The van der Waals surface area contributed by atoms with E-state index in [-0.39, 0.29) is 0 Å². The Morgan fingerprint density at radius 3 is 2.18 bits per heavy atom. The topological polar surface area (TPSA) is 3.88 Å². The summed E-state index contributed by atoms with van der Waals surface area (Å²) in [6.45, 7) is 7.81. The molecule has 0 saturated heterocycles. The first kappa shape index (κ1) is 14.2. The second-order valence-electron chi connectivity index (χ2n) is 5.17. The smallest absolute Gasteiger partial charge is 0.171 e. The number of aromatic nitrogens is 1. The minimum atomic E-state index is 1.18. The van der Waals surface area contributed by atoms with Crippen LogP contribution in [0.15, 0.2) is 18.5 Å². The second-order valence-corrected chi connectivity index (χ2v) is 5.17. The van der Waals surface area contributed by atoms with Gasteiger partial charge in [0.1, 0.15) is 6.54 Å². The number of hydrogen-bond donors (Lipinski definition) is 0. The van der Waals surface area contributed by atoms with Gasteiger partial charge in [-0.3, -0.25) is 0 Å². The van der Waals surface area contributed by atoms with Crippen LogP contribution in [0.4, 0.5) is 0 Å². The van der Waals surface area contributed by atoms with Crippen LogP contribution in [-0.4, -0.2) is 0 Å². The molecule has 0 fully saturated rings. The third kappa shape index (κ3) is 5.86. The monoisotopic (exact) mass is 234 g/mol. The van der Waals surface area contributed by atoms with Gasteiger partial charge in [0.05, 0.1) is 0 Å². The van der Waals surface area contributed by atoms with Gasteiger partial charge >= 0.3 is 0 Å². The van der Waals surface area contributed by atoms with Crippen LogP contribution in [0.3, 0.4) is 0 Å². The molecule has 0 aliphatic heterocycles. The number of pyridine rings is 1. The summed E-state index contributed by atoms with van der Waals surface area (Å²) in [5.74, 6) is 0. The molecule has 0 radical (unpaired) electrons. The van der Waals surface area contributed by atoms with Crippen LogP contribution in [0.1, 0.15) is 63.0 Å². The molecule has 0 atom stereocenters. The van der Waals surface area contributed by atoms with Crippen LogP contribution >= 0.6 is 0 Å². The van der Waals surface area contributed by atoms with E-state index in [1.165, 1.54) is 62.6 Å². The quantitative estimate of drug-likeness (QED) is 0.465. The minimum Gasteiger partial charge on any atom is -0.205 e. The van der Waals surface area contributed by atoms with Gasteiger partial charge in [-0.1, -0.05) is 39.0 Å². The first-order chi connectivity index (χ1) is 8.24. The third-order valence-corrected chi connectivity index (χ3v) is 3.52. The molecule has 1 heteroatoms. The molecule has 0 aliphatic carbocycles. The predicted octanol–water partition coefficient (Wildman–Crippen LogP) is 4.34. The molecule has 1 rings (SSSR count). The molecule has 0 saturated carbocycles. The predicted molar refractivity (Wildman–Crippen MR) is 74.1 cm³/mol. The lowest BCUT2D eigenvalue weighted by Gasteiger charge is -2.01. The lowest BCUT2D eigenvalue weighted by Crippen LogP contribution is -2.33. The molecule has 1 nitrogen and oxygen atoms in total. The summed E-state index contributed by atoms with van der Waals surface area (Å²) in [5.41, 5.74) is 2.79. The maximum Gasteiger partial charge on any atom is 0.171 e. The van der Waals surface area contributed by atoms with Crippen molar-refractivity contribution in [1.82, 2.24) is 0 Å². The molecular formula is C16H28N+. The van der Waals surface area contributed by atoms with Gasteiger partial charge in [0.15, 0.2) is 12.4 Å². The molecule has 1 aromatic rings. The third-order valence-electron chi connectivity index (χ3n) is 3.52. The molecule has 17 heavy (non-hydrogen) atoms. The van der Waals surface area contributed by atoms with E-state index >= 15 is 0 Å². The lowest BCUT2D eigenvalue weighted by molar-refractivity contribution is -0.697. The van der Waals surface area contributed by atoms with E-state index < -0.39 is 0 Å². The number of hydrogen-bond acceptors (Lipinski definition) is 0. The molecule has 0 unspecified atom stereocenters. The van der Waals surface area contributed by atoms with E-state index in [1.807, 2.05) is 0 Å². The second kappa shape index (κ2) is 8.27. The van der Waals surface area contributed by atoms with Gasteiger partial charge < -0.3 is 0 Å². The van der Waals surface area contributed by atoms with Gasteiger partial charge in [-0.05, 0) is 25.8 Å². The van der Waals surface area contributed by atoms with Crippen LogP contribution < -0.4 is 4.57 Å². The molecular weight excluding hydrogens is 206 g/mol. The Balaban J connectivity index is 2.11. The van der Waals surface area contributed by atoms with Gasteiger partial charge in [0.25, 0.3) is 0 Å². The zero-order chi connectivity index (χ0) is 12.5. The molecule has 0 spiro atoms. The fourth-order valence-corrected chi connectivity index (χ4v) is 2.12. The molecule has 96 valence electrons. The number of rotatable bonds is 8. The normalized spacial score (nSPS) is 10.8. The largest absolute Gasteiger partial charge is 0.205 e. The standard InChI is InChI=1S/C16H28N/c1-4-5-6-7-8-9-10-12-17-13-11-15(2)16(3)14-17/h11,13-14H,4-10,12H2,1-3H3/q+1. The van der Waals surface area contributed by atoms with E-state index in [0.29, 0.717) is 0 Å². The van der Waals surface area contributed by atoms with Crippen molar-refractivity contribution in [3.05, 3.63) is 29.6 Å². The van der Waals surface area contributed by atoms with Gasteiger partial charge in [-0.25, -0.2) is 4.57 Å². The van der Waals surface area contributed by atoms with E-state index in [2.05, 4.69) is 43.8 Å². The van der Waals surface area contributed by atoms with E-state index in [4.69, 9.17) is 0 Å². The zero-order valence-electron chi connectivity index (χ0n) is 11.8. The Morgan fingerprint density at radius 1 is 0.882 bits per heavy atom. The highest BCUT2D eigenvalue weighted by Crippen LogP contribution is 2.07. The van der Waals surface area contributed by atoms with Crippen molar-refractivity contribution in [2.75, 3.05) is 0 Å².